The van der Waals surface area contributed by atoms with Gasteiger partial charge in [-0.15, -0.1) is 6.58 Å². The van der Waals surface area contributed by atoms with Crippen LogP contribution in [0.5, 0.6) is 0 Å². The van der Waals surface area contributed by atoms with Gasteiger partial charge < -0.3 is 5.73 Å². The zero-order chi connectivity index (χ0) is 10.4. The number of aryl methyl sites for hydroxylation is 2. The second kappa shape index (κ2) is 5.41. The Morgan fingerprint density at radius 2 is 1.62 bits per heavy atom. The Morgan fingerprint density at radius 3 is 1.92 bits per heavy atom. The van der Waals surface area contributed by atoms with Crippen molar-refractivity contribution in [3.05, 3.63) is 41.5 Å². The maximum Gasteiger partial charge on any atom is 0.0316 e. The molecule has 0 saturated carbocycles. The van der Waals surface area contributed by atoms with E-state index in [0.29, 0.717) is 0 Å². The minimum absolute atomic E-state index is 0.845. The van der Waals surface area contributed by atoms with Gasteiger partial charge in [0.05, 0.1) is 0 Å². The van der Waals surface area contributed by atoms with Crippen LogP contribution in [0.1, 0.15) is 25.0 Å². The first-order valence-electron chi connectivity index (χ1n) is 4.38. The molecule has 0 spiro atoms. The maximum absolute atomic E-state index is 5.53. The van der Waals surface area contributed by atoms with Gasteiger partial charge in [0.15, 0.2) is 0 Å². The summed E-state index contributed by atoms with van der Waals surface area (Å²) in [4.78, 5) is 0. The van der Waals surface area contributed by atoms with E-state index in [1.165, 1.54) is 16.7 Å². The second-order valence-electron chi connectivity index (χ2n) is 3.55. The topological polar surface area (TPSA) is 26.0 Å². The standard InChI is InChI=1S/C8H11N.C4H8/c1-6-3-4-8(9)5-7(6)2;1-4(2)3/h3-5H,9H2,1-2H3;1H2,2-3H3. The molecule has 0 heterocycles. The van der Waals surface area contributed by atoms with Crippen LogP contribution in [0.3, 0.4) is 0 Å². The highest BCUT2D eigenvalue weighted by Gasteiger charge is 1.89. The van der Waals surface area contributed by atoms with Crippen molar-refractivity contribution in [2.45, 2.75) is 27.7 Å². The summed E-state index contributed by atoms with van der Waals surface area (Å²) in [5.74, 6) is 0. The van der Waals surface area contributed by atoms with Crippen molar-refractivity contribution >= 4 is 5.69 Å². The molecule has 0 aliphatic rings. The normalized spacial score (nSPS) is 8.62. The number of nitrogen functional groups attached to an aromatic ring is 1. The van der Waals surface area contributed by atoms with Gasteiger partial charge >= 0.3 is 0 Å². The summed E-state index contributed by atoms with van der Waals surface area (Å²) in [6.07, 6.45) is 0. The number of allylic oxidation sites excluding steroid dienone is 1. The van der Waals surface area contributed by atoms with Gasteiger partial charge in [-0.2, -0.15) is 0 Å². The van der Waals surface area contributed by atoms with Gasteiger partial charge in [-0.25, -0.2) is 0 Å². The Balaban J connectivity index is 0.000000310. The van der Waals surface area contributed by atoms with Gasteiger partial charge in [0.1, 0.15) is 0 Å². The number of nitrogens with two attached hydrogens (primary N) is 1. The Morgan fingerprint density at radius 1 is 1.15 bits per heavy atom. The lowest BCUT2D eigenvalue weighted by Crippen LogP contribution is -1.86. The van der Waals surface area contributed by atoms with E-state index < -0.39 is 0 Å². The summed E-state index contributed by atoms with van der Waals surface area (Å²) < 4.78 is 0. The minimum Gasteiger partial charge on any atom is -0.399 e. The molecule has 1 nitrogen and oxygen atoms in total. The van der Waals surface area contributed by atoms with E-state index in [1.807, 2.05) is 32.0 Å². The lowest BCUT2D eigenvalue weighted by atomic mass is 10.1. The Bertz CT molecular complexity index is 283. The van der Waals surface area contributed by atoms with Crippen LogP contribution in [0, 0.1) is 13.8 Å². The van der Waals surface area contributed by atoms with E-state index >= 15 is 0 Å². The third kappa shape index (κ3) is 5.97. The number of hydrogen-bond donors (Lipinski definition) is 1. The molecule has 0 aliphatic carbocycles. The quantitative estimate of drug-likeness (QED) is 0.476. The molecule has 1 aromatic rings. The van der Waals surface area contributed by atoms with Crippen molar-refractivity contribution in [1.82, 2.24) is 0 Å². The molecule has 1 aromatic carbocycles. The monoisotopic (exact) mass is 177 g/mol. The molecule has 0 aliphatic heterocycles. The molecular formula is C12H19N. The fourth-order valence-corrected chi connectivity index (χ4v) is 0.765. The molecule has 0 atom stereocenters. The molecule has 0 saturated heterocycles. The number of hydrogen-bond acceptors (Lipinski definition) is 1. The number of benzene rings is 1. The van der Waals surface area contributed by atoms with Gasteiger partial charge in [0.25, 0.3) is 0 Å². The fourth-order valence-electron chi connectivity index (χ4n) is 0.765. The van der Waals surface area contributed by atoms with Crippen LogP contribution in [0.2, 0.25) is 0 Å². The first-order chi connectivity index (χ1) is 5.93. The SMILES string of the molecule is C=C(C)C.Cc1ccc(N)cc1C. The molecular weight excluding hydrogens is 158 g/mol. The molecule has 13 heavy (non-hydrogen) atoms. The zero-order valence-corrected chi connectivity index (χ0v) is 9.02. The highest BCUT2D eigenvalue weighted by atomic mass is 14.5. The van der Waals surface area contributed by atoms with Crippen molar-refractivity contribution in [2.24, 2.45) is 0 Å². The van der Waals surface area contributed by atoms with Crippen LogP contribution in [0.15, 0.2) is 30.4 Å². The highest BCUT2D eigenvalue weighted by molar-refractivity contribution is 5.43. The average molecular weight is 177 g/mol. The molecule has 0 radical (unpaired) electrons. The third-order valence-electron chi connectivity index (χ3n) is 1.53. The smallest absolute Gasteiger partial charge is 0.0316 e. The lowest BCUT2D eigenvalue weighted by molar-refractivity contribution is 1.34. The summed E-state index contributed by atoms with van der Waals surface area (Å²) in [6, 6.07) is 5.93. The van der Waals surface area contributed by atoms with Gasteiger partial charge in [0.2, 0.25) is 0 Å². The van der Waals surface area contributed by atoms with Gasteiger partial charge in [-0.05, 0) is 51.0 Å². The van der Waals surface area contributed by atoms with E-state index in [4.69, 9.17) is 5.73 Å². The van der Waals surface area contributed by atoms with Gasteiger partial charge in [-0.1, -0.05) is 11.6 Å². The number of rotatable bonds is 0. The van der Waals surface area contributed by atoms with Crippen LogP contribution < -0.4 is 5.73 Å². The van der Waals surface area contributed by atoms with Crippen molar-refractivity contribution in [2.75, 3.05) is 5.73 Å². The second-order valence-corrected chi connectivity index (χ2v) is 3.55. The van der Waals surface area contributed by atoms with Crippen molar-refractivity contribution in [3.63, 3.8) is 0 Å². The lowest BCUT2D eigenvalue weighted by Gasteiger charge is -1.98. The predicted octanol–water partition coefficient (Wildman–Crippen LogP) is 3.47. The molecule has 0 aromatic heterocycles. The first-order valence-corrected chi connectivity index (χ1v) is 4.38. The zero-order valence-electron chi connectivity index (χ0n) is 9.02. The van der Waals surface area contributed by atoms with Crippen LogP contribution in [0.25, 0.3) is 0 Å². The third-order valence-corrected chi connectivity index (χ3v) is 1.53. The molecule has 0 amide bonds. The summed E-state index contributed by atoms with van der Waals surface area (Å²) in [5, 5.41) is 0. The largest absolute Gasteiger partial charge is 0.399 e. The molecule has 0 unspecified atom stereocenters. The first kappa shape index (κ1) is 11.8. The minimum atomic E-state index is 0.845. The summed E-state index contributed by atoms with van der Waals surface area (Å²) in [5.41, 5.74) is 10.1. The summed E-state index contributed by atoms with van der Waals surface area (Å²) in [7, 11) is 0. The molecule has 1 rings (SSSR count). The van der Waals surface area contributed by atoms with Crippen molar-refractivity contribution in [3.8, 4) is 0 Å². The van der Waals surface area contributed by atoms with Crippen LogP contribution >= 0.6 is 0 Å². The van der Waals surface area contributed by atoms with Gasteiger partial charge in [0, 0.05) is 5.69 Å². The fraction of sp³-hybridized carbons (Fsp3) is 0.333. The van der Waals surface area contributed by atoms with E-state index in [0.717, 1.165) is 5.69 Å². The van der Waals surface area contributed by atoms with E-state index in [9.17, 15) is 0 Å². The molecule has 72 valence electrons. The van der Waals surface area contributed by atoms with Crippen molar-refractivity contribution < 1.29 is 0 Å². The Kier molecular flexibility index (Phi) is 4.90. The molecule has 0 fully saturated rings. The van der Waals surface area contributed by atoms with Gasteiger partial charge in [-0.3, -0.25) is 0 Å². The molecule has 1 heteroatoms. The van der Waals surface area contributed by atoms with E-state index in [-0.39, 0.29) is 0 Å². The molecule has 2 N–H and O–H groups in total. The summed E-state index contributed by atoms with van der Waals surface area (Å²) >= 11 is 0. The van der Waals surface area contributed by atoms with E-state index in [2.05, 4.69) is 20.4 Å². The maximum atomic E-state index is 5.53. The Labute approximate surface area is 81.3 Å². The van der Waals surface area contributed by atoms with Crippen LogP contribution in [-0.2, 0) is 0 Å². The highest BCUT2D eigenvalue weighted by Crippen LogP contribution is 2.09. The molecule has 0 bridgehead atoms. The predicted molar refractivity (Wildman–Crippen MR) is 60.8 cm³/mol. The Hall–Kier alpha value is -1.24. The summed E-state index contributed by atoms with van der Waals surface area (Å²) in [6.45, 7) is 11.6. The average Bonchev–Trinajstić information content (AvgIpc) is 1.96. The van der Waals surface area contributed by atoms with E-state index in [1.54, 1.807) is 0 Å². The van der Waals surface area contributed by atoms with Crippen LogP contribution in [-0.4, -0.2) is 0 Å². The number of anilines is 1. The van der Waals surface area contributed by atoms with Crippen molar-refractivity contribution in [1.29, 1.82) is 0 Å². The van der Waals surface area contributed by atoms with Crippen LogP contribution in [0.4, 0.5) is 5.69 Å².